The van der Waals surface area contributed by atoms with Crippen LogP contribution in [0.4, 0.5) is 14.5 Å². The quantitative estimate of drug-likeness (QED) is 0.911. The average molecular weight is 252 g/mol. The predicted octanol–water partition coefficient (Wildman–Crippen LogP) is 3.01. The molecule has 2 rings (SSSR count). The van der Waals surface area contributed by atoms with E-state index in [0.717, 1.165) is 6.07 Å². The predicted molar refractivity (Wildman–Crippen MR) is 66.7 cm³/mol. The first-order chi connectivity index (χ1) is 8.58. The van der Waals surface area contributed by atoms with Crippen LogP contribution in [0.25, 0.3) is 10.9 Å². The monoisotopic (exact) mass is 252 g/mol. The van der Waals surface area contributed by atoms with Gasteiger partial charge in [-0.15, -0.1) is 0 Å². The number of aromatic nitrogens is 1. The van der Waals surface area contributed by atoms with Gasteiger partial charge in [0.05, 0.1) is 17.7 Å². The summed E-state index contributed by atoms with van der Waals surface area (Å²) >= 11 is 0. The minimum Gasteiger partial charge on any atom is -0.387 e. The number of hydrogen-bond acceptors (Lipinski definition) is 3. The number of anilines is 1. The molecule has 0 atom stereocenters. The largest absolute Gasteiger partial charge is 0.387 e. The van der Waals surface area contributed by atoms with Gasteiger partial charge in [0.2, 0.25) is 0 Å². The Kier molecular flexibility index (Phi) is 3.43. The number of pyridine rings is 1. The summed E-state index contributed by atoms with van der Waals surface area (Å²) in [6, 6.07) is 2.81. The Balaban J connectivity index is 2.82. The summed E-state index contributed by atoms with van der Waals surface area (Å²) in [6.07, 6.45) is 0. The number of fused-ring (bicyclic) bond motifs is 1. The highest BCUT2D eigenvalue weighted by Crippen LogP contribution is 2.29. The van der Waals surface area contributed by atoms with Crippen LogP contribution in [0.2, 0.25) is 0 Å². The molecule has 1 N–H and O–H groups in total. The number of halogens is 2. The standard InChI is InChI=1S/C13H14F2N2O/c1-7-4-9(14)13-11(12(7)15)10(16-2)5-8(17-13)6-18-3/h4-5H,6H2,1-3H3,(H,16,17). The molecule has 0 saturated carbocycles. The lowest BCUT2D eigenvalue weighted by atomic mass is 10.1. The van der Waals surface area contributed by atoms with E-state index in [4.69, 9.17) is 4.74 Å². The molecule has 0 aliphatic carbocycles. The van der Waals surface area contributed by atoms with E-state index >= 15 is 0 Å². The van der Waals surface area contributed by atoms with E-state index in [2.05, 4.69) is 10.3 Å². The first-order valence-corrected chi connectivity index (χ1v) is 5.53. The van der Waals surface area contributed by atoms with Crippen molar-refractivity contribution in [2.24, 2.45) is 0 Å². The molecule has 0 spiro atoms. The zero-order valence-corrected chi connectivity index (χ0v) is 10.5. The van der Waals surface area contributed by atoms with Crippen LogP contribution in [0.3, 0.4) is 0 Å². The van der Waals surface area contributed by atoms with E-state index in [1.807, 2.05) is 0 Å². The van der Waals surface area contributed by atoms with E-state index < -0.39 is 11.6 Å². The number of aryl methyl sites for hydroxylation is 1. The van der Waals surface area contributed by atoms with E-state index in [9.17, 15) is 8.78 Å². The number of nitrogens with one attached hydrogen (secondary N) is 1. The fourth-order valence-corrected chi connectivity index (χ4v) is 1.93. The van der Waals surface area contributed by atoms with Gasteiger partial charge in [-0.2, -0.15) is 0 Å². The van der Waals surface area contributed by atoms with Crippen LogP contribution in [0.15, 0.2) is 12.1 Å². The molecule has 1 aromatic heterocycles. The second-order valence-electron chi connectivity index (χ2n) is 4.06. The van der Waals surface area contributed by atoms with Crippen molar-refractivity contribution in [3.05, 3.63) is 35.0 Å². The lowest BCUT2D eigenvalue weighted by Gasteiger charge is -2.11. The number of ether oxygens (including phenoxy) is 1. The van der Waals surface area contributed by atoms with Crippen LogP contribution >= 0.6 is 0 Å². The lowest BCUT2D eigenvalue weighted by molar-refractivity contribution is 0.182. The molecule has 18 heavy (non-hydrogen) atoms. The minimum absolute atomic E-state index is 0.0250. The van der Waals surface area contributed by atoms with Crippen LogP contribution in [-0.2, 0) is 11.3 Å². The van der Waals surface area contributed by atoms with Crippen LogP contribution in [0, 0.1) is 18.6 Å². The van der Waals surface area contributed by atoms with Gasteiger partial charge in [-0.3, -0.25) is 0 Å². The summed E-state index contributed by atoms with van der Waals surface area (Å²) in [4.78, 5) is 4.10. The van der Waals surface area contributed by atoms with Gasteiger partial charge in [0.25, 0.3) is 0 Å². The van der Waals surface area contributed by atoms with Crippen LogP contribution in [-0.4, -0.2) is 19.1 Å². The Morgan fingerprint density at radius 3 is 2.67 bits per heavy atom. The maximum atomic E-state index is 14.1. The number of rotatable bonds is 3. The fourth-order valence-electron chi connectivity index (χ4n) is 1.93. The third-order valence-electron chi connectivity index (χ3n) is 2.77. The molecule has 96 valence electrons. The van der Waals surface area contributed by atoms with E-state index in [1.54, 1.807) is 13.1 Å². The third kappa shape index (κ3) is 2.01. The van der Waals surface area contributed by atoms with Crippen molar-refractivity contribution in [2.45, 2.75) is 13.5 Å². The summed E-state index contributed by atoms with van der Waals surface area (Å²) in [6.45, 7) is 1.78. The number of nitrogens with zero attached hydrogens (tertiary/aromatic N) is 1. The van der Waals surface area contributed by atoms with Crippen LogP contribution in [0.1, 0.15) is 11.3 Å². The van der Waals surface area contributed by atoms with Gasteiger partial charge in [0.15, 0.2) is 0 Å². The van der Waals surface area contributed by atoms with Crippen molar-refractivity contribution in [1.82, 2.24) is 4.98 Å². The van der Waals surface area contributed by atoms with Crippen molar-refractivity contribution >= 4 is 16.6 Å². The molecule has 0 radical (unpaired) electrons. The second-order valence-corrected chi connectivity index (χ2v) is 4.06. The van der Waals surface area contributed by atoms with Crippen LogP contribution < -0.4 is 5.32 Å². The summed E-state index contributed by atoms with van der Waals surface area (Å²) in [5.41, 5.74) is 1.35. The molecule has 5 heteroatoms. The molecule has 3 nitrogen and oxygen atoms in total. The fraction of sp³-hybridized carbons (Fsp3) is 0.308. The highest BCUT2D eigenvalue weighted by atomic mass is 19.1. The zero-order valence-electron chi connectivity index (χ0n) is 10.5. The van der Waals surface area contributed by atoms with E-state index in [1.165, 1.54) is 14.0 Å². The van der Waals surface area contributed by atoms with Crippen molar-refractivity contribution in [2.75, 3.05) is 19.5 Å². The first-order valence-electron chi connectivity index (χ1n) is 5.53. The van der Waals surface area contributed by atoms with Crippen molar-refractivity contribution < 1.29 is 13.5 Å². The Bertz CT molecular complexity index is 599. The molecule has 0 amide bonds. The molecule has 0 unspecified atom stereocenters. The topological polar surface area (TPSA) is 34.1 Å². The lowest BCUT2D eigenvalue weighted by Crippen LogP contribution is -2.02. The second kappa shape index (κ2) is 4.86. The normalized spacial score (nSPS) is 10.9. The highest BCUT2D eigenvalue weighted by Gasteiger charge is 2.15. The van der Waals surface area contributed by atoms with Crippen molar-refractivity contribution in [3.63, 3.8) is 0 Å². The van der Waals surface area contributed by atoms with Gasteiger partial charge in [-0.1, -0.05) is 0 Å². The molecule has 0 saturated heterocycles. The molecule has 1 heterocycles. The highest BCUT2D eigenvalue weighted by molar-refractivity contribution is 5.93. The minimum atomic E-state index is -0.529. The number of benzene rings is 1. The van der Waals surface area contributed by atoms with Gasteiger partial charge in [0, 0.05) is 19.8 Å². The average Bonchev–Trinajstić information content (AvgIpc) is 2.35. The summed E-state index contributed by atoms with van der Waals surface area (Å²) in [5.74, 6) is -0.981. The Hall–Kier alpha value is -1.75. The summed E-state index contributed by atoms with van der Waals surface area (Å²) in [7, 11) is 3.18. The van der Waals surface area contributed by atoms with Crippen molar-refractivity contribution in [3.8, 4) is 0 Å². The molecule has 0 bridgehead atoms. The van der Waals surface area contributed by atoms with Gasteiger partial charge < -0.3 is 10.1 Å². The molecule has 0 fully saturated rings. The smallest absolute Gasteiger partial charge is 0.149 e. The third-order valence-corrected chi connectivity index (χ3v) is 2.77. The Labute approximate surface area is 104 Å². The van der Waals surface area contributed by atoms with E-state index in [0.29, 0.717) is 11.4 Å². The Morgan fingerprint density at radius 2 is 2.06 bits per heavy atom. The Morgan fingerprint density at radius 1 is 1.33 bits per heavy atom. The maximum absolute atomic E-state index is 14.1. The van der Waals surface area contributed by atoms with Gasteiger partial charge in [-0.05, 0) is 24.6 Å². The molecular formula is C13H14F2N2O. The molecule has 2 aromatic rings. The SMILES string of the molecule is CNc1cc(COC)nc2c(F)cc(C)c(F)c12. The van der Waals surface area contributed by atoms with E-state index in [-0.39, 0.29) is 23.1 Å². The summed E-state index contributed by atoms with van der Waals surface area (Å²) < 4.78 is 32.9. The van der Waals surface area contributed by atoms with Gasteiger partial charge >= 0.3 is 0 Å². The molecular weight excluding hydrogens is 238 g/mol. The van der Waals surface area contributed by atoms with Crippen molar-refractivity contribution in [1.29, 1.82) is 0 Å². The maximum Gasteiger partial charge on any atom is 0.149 e. The molecule has 0 aliphatic rings. The summed E-state index contributed by atoms with van der Waals surface area (Å²) in [5, 5.41) is 3.04. The van der Waals surface area contributed by atoms with Gasteiger partial charge in [0.1, 0.15) is 17.2 Å². The van der Waals surface area contributed by atoms with Gasteiger partial charge in [-0.25, -0.2) is 13.8 Å². The van der Waals surface area contributed by atoms with Crippen LogP contribution in [0.5, 0.6) is 0 Å². The molecule has 1 aromatic carbocycles. The first kappa shape index (κ1) is 12.7. The molecule has 0 aliphatic heterocycles. The number of methoxy groups -OCH3 is 1. The number of hydrogen-bond donors (Lipinski definition) is 1. The zero-order chi connectivity index (χ0) is 13.3.